The van der Waals surface area contributed by atoms with Gasteiger partial charge in [-0.2, -0.15) is 0 Å². The summed E-state index contributed by atoms with van der Waals surface area (Å²) in [6, 6.07) is 8.85. The maximum atomic E-state index is 5.96. The van der Waals surface area contributed by atoms with Gasteiger partial charge in [-0.3, -0.25) is 0 Å². The van der Waals surface area contributed by atoms with E-state index >= 15 is 0 Å². The molecule has 3 heteroatoms. The van der Waals surface area contributed by atoms with Crippen LogP contribution in [0.5, 0.6) is 0 Å². The van der Waals surface area contributed by atoms with Crippen LogP contribution < -0.4 is 0 Å². The summed E-state index contributed by atoms with van der Waals surface area (Å²) >= 11 is 0. The third-order valence-electron chi connectivity index (χ3n) is 3.51. The molecule has 3 atom stereocenters. The fourth-order valence-corrected chi connectivity index (χ4v) is 2.57. The molecule has 3 rings (SSSR count). The molecule has 0 N–H and O–H groups in total. The lowest BCUT2D eigenvalue weighted by molar-refractivity contribution is -0.245. The SMILES string of the molecule is CN(C)[C@H]1CO[C@@H]2Cc3ccccc3[C@H]1O2. The van der Waals surface area contributed by atoms with Crippen LogP contribution in [0.15, 0.2) is 24.3 Å². The van der Waals surface area contributed by atoms with E-state index in [1.54, 1.807) is 0 Å². The molecule has 16 heavy (non-hydrogen) atoms. The lowest BCUT2D eigenvalue weighted by atomic mass is 9.91. The first-order valence-corrected chi connectivity index (χ1v) is 5.77. The summed E-state index contributed by atoms with van der Waals surface area (Å²) in [7, 11) is 4.16. The number of hydrogen-bond acceptors (Lipinski definition) is 3. The fraction of sp³-hybridized carbons (Fsp3) is 0.538. The summed E-state index contributed by atoms with van der Waals surface area (Å²) in [5.41, 5.74) is 2.70. The van der Waals surface area contributed by atoms with Crippen molar-refractivity contribution in [2.24, 2.45) is 0 Å². The van der Waals surface area contributed by atoms with Crippen molar-refractivity contribution in [2.45, 2.75) is 24.9 Å². The zero-order valence-electron chi connectivity index (χ0n) is 9.72. The van der Waals surface area contributed by atoms with E-state index in [1.165, 1.54) is 11.1 Å². The molecule has 1 fully saturated rings. The Morgan fingerprint density at radius 2 is 2.06 bits per heavy atom. The third-order valence-corrected chi connectivity index (χ3v) is 3.51. The van der Waals surface area contributed by atoms with Gasteiger partial charge < -0.3 is 14.4 Å². The van der Waals surface area contributed by atoms with Crippen molar-refractivity contribution in [1.82, 2.24) is 4.90 Å². The van der Waals surface area contributed by atoms with Gasteiger partial charge in [0.25, 0.3) is 0 Å². The molecule has 0 saturated carbocycles. The molecular formula is C13H17NO2. The van der Waals surface area contributed by atoms with E-state index in [2.05, 4.69) is 43.3 Å². The minimum atomic E-state index is -0.0453. The quantitative estimate of drug-likeness (QED) is 0.716. The van der Waals surface area contributed by atoms with E-state index in [0.717, 1.165) is 13.0 Å². The summed E-state index contributed by atoms with van der Waals surface area (Å²) < 4.78 is 11.7. The normalized spacial score (nSPS) is 32.6. The molecule has 2 heterocycles. The van der Waals surface area contributed by atoms with Gasteiger partial charge >= 0.3 is 0 Å². The molecule has 1 saturated heterocycles. The van der Waals surface area contributed by atoms with Gasteiger partial charge in [0.15, 0.2) is 6.29 Å². The van der Waals surface area contributed by atoms with E-state index in [-0.39, 0.29) is 12.4 Å². The molecule has 0 amide bonds. The molecule has 86 valence electrons. The van der Waals surface area contributed by atoms with Crippen molar-refractivity contribution in [3.8, 4) is 0 Å². The molecule has 0 radical (unpaired) electrons. The predicted octanol–water partition coefficient (Wildman–Crippen LogP) is 1.59. The minimum Gasteiger partial charge on any atom is -0.351 e. The number of rotatable bonds is 1. The maximum absolute atomic E-state index is 5.96. The van der Waals surface area contributed by atoms with E-state index in [1.807, 2.05) is 0 Å². The molecule has 2 bridgehead atoms. The van der Waals surface area contributed by atoms with E-state index in [4.69, 9.17) is 9.47 Å². The topological polar surface area (TPSA) is 21.7 Å². The smallest absolute Gasteiger partial charge is 0.162 e. The number of benzene rings is 1. The third kappa shape index (κ3) is 1.56. The Hall–Kier alpha value is -0.900. The lowest BCUT2D eigenvalue weighted by Gasteiger charge is -2.43. The number of likely N-dealkylation sites (N-methyl/N-ethyl adjacent to an activating group) is 1. The summed E-state index contributed by atoms with van der Waals surface area (Å²) in [5, 5.41) is 0. The van der Waals surface area contributed by atoms with Crippen LogP contribution >= 0.6 is 0 Å². The summed E-state index contributed by atoms with van der Waals surface area (Å²) in [5.74, 6) is 0. The van der Waals surface area contributed by atoms with Crippen molar-refractivity contribution in [1.29, 1.82) is 0 Å². The molecule has 2 aliphatic rings. The Kier molecular flexibility index (Phi) is 2.46. The summed E-state index contributed by atoms with van der Waals surface area (Å²) in [6.45, 7) is 0.761. The van der Waals surface area contributed by atoms with Gasteiger partial charge in [-0.25, -0.2) is 0 Å². The average molecular weight is 219 g/mol. The van der Waals surface area contributed by atoms with Gasteiger partial charge in [0.05, 0.1) is 12.6 Å². The van der Waals surface area contributed by atoms with Crippen LogP contribution in [0, 0.1) is 0 Å². The number of fused-ring (bicyclic) bond motifs is 4. The molecule has 1 aromatic carbocycles. The van der Waals surface area contributed by atoms with Crippen molar-refractivity contribution >= 4 is 0 Å². The van der Waals surface area contributed by atoms with Crippen LogP contribution in [-0.4, -0.2) is 37.9 Å². The Morgan fingerprint density at radius 1 is 1.25 bits per heavy atom. The summed E-state index contributed by atoms with van der Waals surface area (Å²) in [6.07, 6.45) is 1.00. The lowest BCUT2D eigenvalue weighted by Crippen LogP contribution is -2.49. The van der Waals surface area contributed by atoms with Gasteiger partial charge in [-0.15, -0.1) is 0 Å². The Labute approximate surface area is 96.0 Å². The van der Waals surface area contributed by atoms with Crippen LogP contribution in [0.25, 0.3) is 0 Å². The highest BCUT2D eigenvalue weighted by molar-refractivity contribution is 5.32. The van der Waals surface area contributed by atoms with Gasteiger partial charge in [-0.1, -0.05) is 24.3 Å². The fourth-order valence-electron chi connectivity index (χ4n) is 2.57. The first-order chi connectivity index (χ1) is 7.75. The second-order valence-corrected chi connectivity index (χ2v) is 4.75. The molecule has 0 unspecified atom stereocenters. The first kappa shape index (κ1) is 10.3. The molecule has 0 aliphatic carbocycles. The highest BCUT2D eigenvalue weighted by Gasteiger charge is 2.39. The average Bonchev–Trinajstić information content (AvgIpc) is 2.29. The van der Waals surface area contributed by atoms with Crippen molar-refractivity contribution < 1.29 is 9.47 Å². The zero-order chi connectivity index (χ0) is 11.1. The largest absolute Gasteiger partial charge is 0.351 e. The van der Waals surface area contributed by atoms with Crippen molar-refractivity contribution in [3.05, 3.63) is 35.4 Å². The van der Waals surface area contributed by atoms with Gasteiger partial charge in [0, 0.05) is 6.42 Å². The van der Waals surface area contributed by atoms with Crippen molar-refractivity contribution in [3.63, 3.8) is 0 Å². The Morgan fingerprint density at radius 3 is 2.88 bits per heavy atom. The molecule has 0 aromatic heterocycles. The monoisotopic (exact) mass is 219 g/mol. The van der Waals surface area contributed by atoms with Crippen LogP contribution in [0.4, 0.5) is 0 Å². The van der Waals surface area contributed by atoms with Gasteiger partial charge in [0.1, 0.15) is 6.10 Å². The van der Waals surface area contributed by atoms with Crippen LogP contribution in [-0.2, 0) is 15.9 Å². The minimum absolute atomic E-state index is 0.0453. The second kappa shape index (κ2) is 3.84. The first-order valence-electron chi connectivity index (χ1n) is 5.77. The highest BCUT2D eigenvalue weighted by Crippen LogP contribution is 2.37. The number of nitrogens with zero attached hydrogens (tertiary/aromatic N) is 1. The molecule has 2 aliphatic heterocycles. The van der Waals surface area contributed by atoms with Crippen molar-refractivity contribution in [2.75, 3.05) is 20.7 Å². The Balaban J connectivity index is 2.00. The molecular weight excluding hydrogens is 202 g/mol. The molecule has 0 spiro atoms. The highest BCUT2D eigenvalue weighted by atomic mass is 16.7. The van der Waals surface area contributed by atoms with Crippen LogP contribution in [0.2, 0.25) is 0 Å². The number of ether oxygens (including phenoxy) is 2. The van der Waals surface area contributed by atoms with Crippen LogP contribution in [0.3, 0.4) is 0 Å². The van der Waals surface area contributed by atoms with E-state index in [0.29, 0.717) is 6.04 Å². The molecule has 3 nitrogen and oxygen atoms in total. The second-order valence-electron chi connectivity index (χ2n) is 4.75. The van der Waals surface area contributed by atoms with Gasteiger partial charge in [0.2, 0.25) is 0 Å². The van der Waals surface area contributed by atoms with E-state index in [9.17, 15) is 0 Å². The standard InChI is InChI=1S/C13H17NO2/c1-14(2)11-8-15-12-7-9-5-3-4-6-10(9)13(11)16-12/h3-6,11-13H,7-8H2,1-2H3/t11-,12-,13+/m0/s1. The van der Waals surface area contributed by atoms with Crippen LogP contribution in [0.1, 0.15) is 17.2 Å². The summed E-state index contributed by atoms with van der Waals surface area (Å²) in [4.78, 5) is 2.18. The zero-order valence-corrected chi connectivity index (χ0v) is 9.72. The van der Waals surface area contributed by atoms with Gasteiger partial charge in [-0.05, 0) is 25.2 Å². The maximum Gasteiger partial charge on any atom is 0.162 e. The predicted molar refractivity (Wildman–Crippen MR) is 61.2 cm³/mol. The molecule has 1 aromatic rings. The number of hydrogen-bond donors (Lipinski definition) is 0. The Bertz CT molecular complexity index is 391. The van der Waals surface area contributed by atoms with E-state index < -0.39 is 0 Å².